The fraction of sp³-hybridized carbons (Fsp3) is 0.200. The summed E-state index contributed by atoms with van der Waals surface area (Å²) in [5.74, 6) is 0. The average molecular weight is 213 g/mol. The first-order chi connectivity index (χ1) is 6.59. The van der Waals surface area contributed by atoms with Gasteiger partial charge in [-0.05, 0) is 35.4 Å². The third-order valence-corrected chi connectivity index (χ3v) is 3.32. The number of thiophene rings is 1. The molecule has 0 amide bonds. The van der Waals surface area contributed by atoms with Gasteiger partial charge in [0.2, 0.25) is 0 Å². The molecular weight excluding hydrogens is 204 g/mol. The number of alkyl halides is 2. The third kappa shape index (κ3) is 1.35. The fourth-order valence-electron chi connectivity index (χ4n) is 1.47. The second-order valence-electron chi connectivity index (χ2n) is 3.21. The summed E-state index contributed by atoms with van der Waals surface area (Å²) < 4.78 is 25.9. The van der Waals surface area contributed by atoms with Crippen LogP contribution in [0.2, 0.25) is 0 Å². The van der Waals surface area contributed by atoms with Crippen LogP contribution < -0.4 is 5.73 Å². The fourth-order valence-corrected chi connectivity index (χ4v) is 2.52. The highest BCUT2D eigenvalue weighted by Crippen LogP contribution is 2.35. The SMILES string of the molecule is Cc1csc2c(C(F)F)cc(N)cc12. The molecule has 0 unspecified atom stereocenters. The molecule has 14 heavy (non-hydrogen) atoms. The minimum atomic E-state index is -2.46. The normalized spacial score (nSPS) is 11.4. The molecule has 0 saturated heterocycles. The first kappa shape index (κ1) is 9.40. The van der Waals surface area contributed by atoms with Crippen molar-refractivity contribution in [3.63, 3.8) is 0 Å². The van der Waals surface area contributed by atoms with Crippen molar-refractivity contribution in [2.45, 2.75) is 13.3 Å². The number of fused-ring (bicyclic) bond motifs is 1. The highest BCUT2D eigenvalue weighted by Gasteiger charge is 2.14. The molecule has 0 aliphatic rings. The van der Waals surface area contributed by atoms with Gasteiger partial charge in [0.25, 0.3) is 6.43 Å². The molecule has 0 fully saturated rings. The van der Waals surface area contributed by atoms with Crippen molar-refractivity contribution >= 4 is 27.1 Å². The first-order valence-electron chi connectivity index (χ1n) is 4.15. The van der Waals surface area contributed by atoms with Crippen LogP contribution in [-0.2, 0) is 0 Å². The monoisotopic (exact) mass is 213 g/mol. The molecule has 1 aromatic carbocycles. The molecule has 2 rings (SSSR count). The number of aryl methyl sites for hydroxylation is 1. The van der Waals surface area contributed by atoms with E-state index in [9.17, 15) is 8.78 Å². The molecule has 0 radical (unpaired) electrons. The number of nitrogens with two attached hydrogens (primary N) is 1. The lowest BCUT2D eigenvalue weighted by atomic mass is 10.1. The molecule has 0 aliphatic heterocycles. The van der Waals surface area contributed by atoms with E-state index in [1.807, 2.05) is 12.3 Å². The van der Waals surface area contributed by atoms with Crippen molar-refractivity contribution < 1.29 is 8.78 Å². The second-order valence-corrected chi connectivity index (χ2v) is 4.09. The van der Waals surface area contributed by atoms with E-state index in [4.69, 9.17) is 5.73 Å². The molecule has 1 nitrogen and oxygen atoms in total. The standard InChI is InChI=1S/C10H9F2NS/c1-5-4-14-9-7(5)2-6(13)3-8(9)10(11)12/h2-4,10H,13H2,1H3. The van der Waals surface area contributed by atoms with Gasteiger partial charge in [-0.2, -0.15) is 0 Å². The maximum absolute atomic E-state index is 12.6. The van der Waals surface area contributed by atoms with E-state index in [-0.39, 0.29) is 5.56 Å². The summed E-state index contributed by atoms with van der Waals surface area (Å²) in [5.41, 5.74) is 7.00. The predicted molar refractivity (Wildman–Crippen MR) is 55.9 cm³/mol. The Balaban J connectivity index is 2.82. The lowest BCUT2D eigenvalue weighted by molar-refractivity contribution is 0.153. The van der Waals surface area contributed by atoms with Crippen molar-refractivity contribution in [2.75, 3.05) is 5.73 Å². The topological polar surface area (TPSA) is 26.0 Å². The van der Waals surface area contributed by atoms with Gasteiger partial charge in [-0.1, -0.05) is 0 Å². The predicted octanol–water partition coefficient (Wildman–Crippen LogP) is 3.73. The summed E-state index contributed by atoms with van der Waals surface area (Å²) in [4.78, 5) is 0. The van der Waals surface area contributed by atoms with E-state index in [0.29, 0.717) is 10.4 Å². The smallest absolute Gasteiger partial charge is 0.265 e. The Morgan fingerprint density at radius 3 is 2.71 bits per heavy atom. The Bertz CT molecular complexity index is 476. The van der Waals surface area contributed by atoms with E-state index >= 15 is 0 Å². The van der Waals surface area contributed by atoms with E-state index < -0.39 is 6.43 Å². The van der Waals surface area contributed by atoms with Gasteiger partial charge in [-0.15, -0.1) is 11.3 Å². The molecule has 2 N–H and O–H groups in total. The molecule has 0 saturated carbocycles. The lowest BCUT2D eigenvalue weighted by Crippen LogP contribution is -1.90. The largest absolute Gasteiger partial charge is 0.399 e. The van der Waals surface area contributed by atoms with Crippen LogP contribution in [0.5, 0.6) is 0 Å². The maximum Gasteiger partial charge on any atom is 0.265 e. The number of anilines is 1. The number of benzene rings is 1. The molecule has 1 aromatic heterocycles. The molecular formula is C10H9F2NS. The Kier molecular flexibility index (Phi) is 2.15. The molecule has 0 aliphatic carbocycles. The van der Waals surface area contributed by atoms with Gasteiger partial charge in [0.15, 0.2) is 0 Å². The minimum Gasteiger partial charge on any atom is -0.399 e. The van der Waals surface area contributed by atoms with E-state index in [2.05, 4.69) is 0 Å². The molecule has 0 spiro atoms. The third-order valence-electron chi connectivity index (χ3n) is 2.15. The number of rotatable bonds is 1. The average Bonchev–Trinajstić information content (AvgIpc) is 2.47. The van der Waals surface area contributed by atoms with Crippen molar-refractivity contribution in [3.05, 3.63) is 28.6 Å². The zero-order chi connectivity index (χ0) is 10.3. The van der Waals surface area contributed by atoms with Gasteiger partial charge >= 0.3 is 0 Å². The van der Waals surface area contributed by atoms with E-state index in [1.165, 1.54) is 17.4 Å². The Labute approximate surface area is 84.2 Å². The number of hydrogen-bond donors (Lipinski definition) is 1. The van der Waals surface area contributed by atoms with Gasteiger partial charge in [-0.3, -0.25) is 0 Å². The Hall–Kier alpha value is -1.16. The highest BCUT2D eigenvalue weighted by molar-refractivity contribution is 7.17. The molecule has 1 heterocycles. The van der Waals surface area contributed by atoms with Crippen LogP contribution in [0.25, 0.3) is 10.1 Å². The summed E-state index contributed by atoms with van der Waals surface area (Å²) in [7, 11) is 0. The molecule has 74 valence electrons. The highest BCUT2D eigenvalue weighted by atomic mass is 32.1. The summed E-state index contributed by atoms with van der Waals surface area (Å²) >= 11 is 1.34. The van der Waals surface area contributed by atoms with Gasteiger partial charge in [0.1, 0.15) is 0 Å². The van der Waals surface area contributed by atoms with Crippen LogP contribution in [0, 0.1) is 6.92 Å². The van der Waals surface area contributed by atoms with E-state index in [1.54, 1.807) is 6.07 Å². The van der Waals surface area contributed by atoms with Gasteiger partial charge in [0, 0.05) is 16.0 Å². The summed E-state index contributed by atoms with van der Waals surface area (Å²) in [6, 6.07) is 3.09. The van der Waals surface area contributed by atoms with Crippen LogP contribution >= 0.6 is 11.3 Å². The van der Waals surface area contributed by atoms with Crippen LogP contribution in [-0.4, -0.2) is 0 Å². The molecule has 4 heteroatoms. The summed E-state index contributed by atoms with van der Waals surface area (Å²) in [6.45, 7) is 1.90. The quantitative estimate of drug-likeness (QED) is 0.717. The first-order valence-corrected chi connectivity index (χ1v) is 5.03. The van der Waals surface area contributed by atoms with Crippen molar-refractivity contribution in [2.24, 2.45) is 0 Å². The van der Waals surface area contributed by atoms with Gasteiger partial charge in [0.05, 0.1) is 0 Å². The van der Waals surface area contributed by atoms with E-state index in [0.717, 1.165) is 10.9 Å². The second kappa shape index (κ2) is 3.20. The van der Waals surface area contributed by atoms with Crippen LogP contribution in [0.3, 0.4) is 0 Å². The van der Waals surface area contributed by atoms with Crippen LogP contribution in [0.4, 0.5) is 14.5 Å². The molecule has 2 aromatic rings. The lowest BCUT2D eigenvalue weighted by Gasteiger charge is -2.03. The van der Waals surface area contributed by atoms with Gasteiger partial charge in [-0.25, -0.2) is 8.78 Å². The van der Waals surface area contributed by atoms with Crippen LogP contribution in [0.15, 0.2) is 17.5 Å². The van der Waals surface area contributed by atoms with Crippen molar-refractivity contribution in [1.29, 1.82) is 0 Å². The summed E-state index contributed by atoms with van der Waals surface area (Å²) in [6.07, 6.45) is -2.46. The zero-order valence-electron chi connectivity index (χ0n) is 7.55. The van der Waals surface area contributed by atoms with Gasteiger partial charge < -0.3 is 5.73 Å². The Morgan fingerprint density at radius 2 is 2.07 bits per heavy atom. The van der Waals surface area contributed by atoms with Crippen LogP contribution in [0.1, 0.15) is 17.6 Å². The molecule has 0 atom stereocenters. The minimum absolute atomic E-state index is 0.0399. The van der Waals surface area contributed by atoms with Crippen molar-refractivity contribution in [1.82, 2.24) is 0 Å². The maximum atomic E-state index is 12.6. The van der Waals surface area contributed by atoms with Crippen molar-refractivity contribution in [3.8, 4) is 0 Å². The number of hydrogen-bond acceptors (Lipinski definition) is 2. The number of halogens is 2. The Morgan fingerprint density at radius 1 is 1.36 bits per heavy atom. The zero-order valence-corrected chi connectivity index (χ0v) is 8.37. The molecule has 0 bridgehead atoms. The summed E-state index contributed by atoms with van der Waals surface area (Å²) in [5, 5.41) is 2.71. The number of nitrogen functional groups attached to an aromatic ring is 1.